The molecule has 0 amide bonds. The van der Waals surface area contributed by atoms with Crippen molar-refractivity contribution in [2.75, 3.05) is 6.54 Å². The van der Waals surface area contributed by atoms with Crippen molar-refractivity contribution in [1.29, 1.82) is 0 Å². The maximum atomic E-state index is 11.6. The molecule has 128 valence electrons. The van der Waals surface area contributed by atoms with Crippen molar-refractivity contribution in [3.8, 4) is 0 Å². The maximum Gasteiger partial charge on any atom is 0.116 e. The van der Waals surface area contributed by atoms with E-state index in [4.69, 9.17) is 0 Å². The molecule has 2 nitrogen and oxygen atoms in total. The average molecular weight is 323 g/mol. The van der Waals surface area contributed by atoms with Crippen molar-refractivity contribution < 1.29 is 5.11 Å². The Kier molecular flexibility index (Phi) is 5.37. The number of hydrogen-bond donors (Lipinski definition) is 1. The summed E-state index contributed by atoms with van der Waals surface area (Å²) in [6.07, 6.45) is 4.56. The largest absolute Gasteiger partial charge is 0.380 e. The number of likely N-dealkylation sites (tertiary alicyclic amines) is 1. The summed E-state index contributed by atoms with van der Waals surface area (Å²) in [5.41, 5.74) is 1.03. The molecule has 2 aromatic rings. The van der Waals surface area contributed by atoms with Crippen LogP contribution in [0, 0.1) is 0 Å². The van der Waals surface area contributed by atoms with Crippen molar-refractivity contribution in [3.05, 3.63) is 71.8 Å². The smallest absolute Gasteiger partial charge is 0.116 e. The minimum absolute atomic E-state index is 0.601. The summed E-state index contributed by atoms with van der Waals surface area (Å²) in [6, 6.07) is 21.4. The van der Waals surface area contributed by atoms with Crippen LogP contribution in [0.1, 0.15) is 50.7 Å². The highest BCUT2D eigenvalue weighted by atomic mass is 16.3. The van der Waals surface area contributed by atoms with Crippen LogP contribution in [0.15, 0.2) is 60.7 Å². The van der Waals surface area contributed by atoms with Gasteiger partial charge in [0, 0.05) is 18.6 Å². The van der Waals surface area contributed by atoms with E-state index in [1.807, 2.05) is 60.7 Å². The standard InChI is InChI=1S/C22H29NO/c1-18-10-9-11-19(2)23(18)17-16-22(24,20-12-5-3-6-13-20)21-14-7-4-8-15-21/h3-8,12-15,18-19,24H,9-11,16-17H2,1-2H3/t18-,19-/m1/s1. The van der Waals surface area contributed by atoms with Crippen molar-refractivity contribution in [2.24, 2.45) is 0 Å². The summed E-state index contributed by atoms with van der Waals surface area (Å²) in [5.74, 6) is 0. The second kappa shape index (κ2) is 7.50. The number of nitrogens with zero attached hydrogens (tertiary/aromatic N) is 1. The average Bonchev–Trinajstić information content (AvgIpc) is 2.62. The zero-order valence-electron chi connectivity index (χ0n) is 14.9. The van der Waals surface area contributed by atoms with Crippen LogP contribution < -0.4 is 0 Å². The van der Waals surface area contributed by atoms with Gasteiger partial charge in [-0.3, -0.25) is 4.90 Å². The monoisotopic (exact) mass is 323 g/mol. The quantitative estimate of drug-likeness (QED) is 0.871. The Balaban J connectivity index is 1.86. The van der Waals surface area contributed by atoms with Crippen LogP contribution in [0.5, 0.6) is 0 Å². The van der Waals surface area contributed by atoms with Gasteiger partial charge in [-0.05, 0) is 44.2 Å². The Morgan fingerprint density at radius 3 is 1.79 bits per heavy atom. The molecule has 1 fully saturated rings. The Morgan fingerprint density at radius 1 is 0.875 bits per heavy atom. The van der Waals surface area contributed by atoms with E-state index in [9.17, 15) is 5.11 Å². The molecule has 3 rings (SSSR count). The van der Waals surface area contributed by atoms with Gasteiger partial charge in [-0.25, -0.2) is 0 Å². The van der Waals surface area contributed by atoms with Gasteiger partial charge in [0.1, 0.15) is 5.60 Å². The van der Waals surface area contributed by atoms with Gasteiger partial charge >= 0.3 is 0 Å². The summed E-state index contributed by atoms with van der Waals surface area (Å²) >= 11 is 0. The molecule has 0 bridgehead atoms. The van der Waals surface area contributed by atoms with Crippen LogP contribution in [0.3, 0.4) is 0 Å². The highest BCUT2D eigenvalue weighted by Gasteiger charge is 2.33. The van der Waals surface area contributed by atoms with Crippen molar-refractivity contribution in [3.63, 3.8) is 0 Å². The van der Waals surface area contributed by atoms with Crippen LogP contribution in [-0.4, -0.2) is 28.6 Å². The lowest BCUT2D eigenvalue weighted by Crippen LogP contribution is -2.46. The van der Waals surface area contributed by atoms with Gasteiger partial charge in [0.15, 0.2) is 0 Å². The predicted molar refractivity (Wildman–Crippen MR) is 100.0 cm³/mol. The molecule has 0 saturated carbocycles. The first-order valence-electron chi connectivity index (χ1n) is 9.20. The minimum Gasteiger partial charge on any atom is -0.380 e. The van der Waals surface area contributed by atoms with Gasteiger partial charge in [-0.1, -0.05) is 67.1 Å². The molecular formula is C22H29NO. The summed E-state index contributed by atoms with van der Waals surface area (Å²) in [6.45, 7) is 5.56. The lowest BCUT2D eigenvalue weighted by molar-refractivity contribution is 0.0317. The number of benzene rings is 2. The second-order valence-electron chi connectivity index (χ2n) is 7.21. The van der Waals surface area contributed by atoms with Crippen molar-refractivity contribution >= 4 is 0 Å². The molecule has 1 heterocycles. The number of piperidine rings is 1. The van der Waals surface area contributed by atoms with E-state index in [2.05, 4.69) is 18.7 Å². The van der Waals surface area contributed by atoms with Gasteiger partial charge in [-0.15, -0.1) is 0 Å². The summed E-state index contributed by atoms with van der Waals surface area (Å²) in [5, 5.41) is 11.6. The first-order valence-corrected chi connectivity index (χ1v) is 9.20. The van der Waals surface area contributed by atoms with E-state index in [1.165, 1.54) is 19.3 Å². The molecule has 0 radical (unpaired) electrons. The summed E-state index contributed by atoms with van der Waals surface area (Å²) in [7, 11) is 0. The van der Waals surface area contributed by atoms with E-state index < -0.39 is 5.60 Å². The molecule has 1 N–H and O–H groups in total. The van der Waals surface area contributed by atoms with E-state index in [0.29, 0.717) is 12.1 Å². The molecule has 1 aliphatic rings. The molecule has 0 aliphatic carbocycles. The topological polar surface area (TPSA) is 23.5 Å². The Labute approximate surface area is 146 Å². The van der Waals surface area contributed by atoms with Gasteiger partial charge in [0.05, 0.1) is 0 Å². The number of rotatable bonds is 5. The first kappa shape index (κ1) is 17.2. The molecule has 2 aromatic carbocycles. The van der Waals surface area contributed by atoms with Crippen LogP contribution in [-0.2, 0) is 5.60 Å². The normalized spacial score (nSPS) is 22.5. The molecule has 2 heteroatoms. The summed E-state index contributed by atoms with van der Waals surface area (Å²) < 4.78 is 0. The van der Waals surface area contributed by atoms with Crippen LogP contribution in [0.25, 0.3) is 0 Å². The Morgan fingerprint density at radius 2 is 1.33 bits per heavy atom. The number of aliphatic hydroxyl groups is 1. The Hall–Kier alpha value is -1.64. The van der Waals surface area contributed by atoms with Crippen molar-refractivity contribution in [1.82, 2.24) is 4.90 Å². The molecule has 1 saturated heterocycles. The van der Waals surface area contributed by atoms with Crippen LogP contribution in [0.4, 0.5) is 0 Å². The fourth-order valence-corrected chi connectivity index (χ4v) is 4.09. The van der Waals surface area contributed by atoms with E-state index >= 15 is 0 Å². The van der Waals surface area contributed by atoms with Gasteiger partial charge in [-0.2, -0.15) is 0 Å². The lowest BCUT2D eigenvalue weighted by atomic mass is 9.83. The zero-order chi connectivity index (χ0) is 17.0. The van der Waals surface area contributed by atoms with E-state index in [0.717, 1.165) is 24.1 Å². The summed E-state index contributed by atoms with van der Waals surface area (Å²) in [4.78, 5) is 2.57. The van der Waals surface area contributed by atoms with E-state index in [1.54, 1.807) is 0 Å². The lowest BCUT2D eigenvalue weighted by Gasteiger charge is -2.41. The molecule has 0 spiro atoms. The van der Waals surface area contributed by atoms with Gasteiger partial charge < -0.3 is 5.11 Å². The van der Waals surface area contributed by atoms with Gasteiger partial charge in [0.25, 0.3) is 0 Å². The SMILES string of the molecule is C[C@@H]1CCC[C@@H](C)N1CCC(O)(c1ccccc1)c1ccccc1. The third-order valence-electron chi connectivity index (χ3n) is 5.61. The maximum absolute atomic E-state index is 11.6. The molecule has 0 unspecified atom stereocenters. The zero-order valence-corrected chi connectivity index (χ0v) is 14.9. The number of hydrogen-bond acceptors (Lipinski definition) is 2. The minimum atomic E-state index is -0.931. The van der Waals surface area contributed by atoms with Crippen molar-refractivity contribution in [2.45, 2.75) is 57.2 Å². The molecule has 2 atom stereocenters. The molecule has 0 aromatic heterocycles. The molecule has 24 heavy (non-hydrogen) atoms. The molecular weight excluding hydrogens is 294 g/mol. The highest BCUT2D eigenvalue weighted by molar-refractivity contribution is 5.35. The third kappa shape index (κ3) is 3.55. The van der Waals surface area contributed by atoms with Crippen LogP contribution >= 0.6 is 0 Å². The fraction of sp³-hybridized carbons (Fsp3) is 0.455. The molecule has 1 aliphatic heterocycles. The van der Waals surface area contributed by atoms with Gasteiger partial charge in [0.2, 0.25) is 0 Å². The Bertz CT molecular complexity index is 575. The fourth-order valence-electron chi connectivity index (χ4n) is 4.09. The first-order chi connectivity index (χ1) is 11.6. The predicted octanol–water partition coefficient (Wildman–Crippen LogP) is 4.58. The third-order valence-corrected chi connectivity index (χ3v) is 5.61. The highest BCUT2D eigenvalue weighted by Crippen LogP contribution is 2.34. The van der Waals surface area contributed by atoms with Crippen LogP contribution in [0.2, 0.25) is 0 Å². The second-order valence-corrected chi connectivity index (χ2v) is 7.21. The van der Waals surface area contributed by atoms with E-state index in [-0.39, 0.29) is 0 Å².